The molecule has 0 radical (unpaired) electrons. The lowest BCUT2D eigenvalue weighted by Gasteiger charge is -2.25. The Morgan fingerprint density at radius 1 is 1.18 bits per heavy atom. The Hall–Kier alpha value is -2.75. The van der Waals surface area contributed by atoms with Gasteiger partial charge in [0.25, 0.3) is 0 Å². The molecule has 34 heavy (non-hydrogen) atoms. The van der Waals surface area contributed by atoms with Crippen LogP contribution < -0.4 is 4.74 Å². The van der Waals surface area contributed by atoms with E-state index in [0.717, 1.165) is 11.0 Å². The minimum atomic E-state index is -4.42. The second kappa shape index (κ2) is 10.2. The third kappa shape index (κ3) is 6.22. The second-order valence-corrected chi connectivity index (χ2v) is 9.79. The molecular weight excluding hydrogens is 467 g/mol. The zero-order valence-corrected chi connectivity index (χ0v) is 20.6. The van der Waals surface area contributed by atoms with Gasteiger partial charge in [-0.1, -0.05) is 30.8 Å². The van der Waals surface area contributed by atoms with Gasteiger partial charge in [-0.05, 0) is 45.9 Å². The highest BCUT2D eigenvalue weighted by Crippen LogP contribution is 2.34. The molecule has 0 aliphatic rings. The minimum Gasteiger partial charge on any atom is -0.484 e. The van der Waals surface area contributed by atoms with E-state index in [-0.39, 0.29) is 11.7 Å². The van der Waals surface area contributed by atoms with E-state index < -0.39 is 24.4 Å². The smallest absolute Gasteiger partial charge is 0.422 e. The Balaban J connectivity index is 1.89. The van der Waals surface area contributed by atoms with Gasteiger partial charge in [0.05, 0.1) is 22.1 Å². The number of nitrogens with zero attached hydrogens (tertiary/aromatic N) is 3. The summed E-state index contributed by atoms with van der Waals surface area (Å²) in [4.78, 5) is 21.6. The van der Waals surface area contributed by atoms with Crippen LogP contribution in [0.1, 0.15) is 51.6 Å². The Labute approximate surface area is 200 Å². The maximum Gasteiger partial charge on any atom is 0.422 e. The van der Waals surface area contributed by atoms with Gasteiger partial charge in [0, 0.05) is 23.9 Å². The maximum absolute atomic E-state index is 12.6. The lowest BCUT2D eigenvalue weighted by molar-refractivity contribution is -0.164. The van der Waals surface area contributed by atoms with Gasteiger partial charge in [0.15, 0.2) is 18.0 Å². The van der Waals surface area contributed by atoms with Crippen LogP contribution in [-0.4, -0.2) is 33.3 Å². The summed E-state index contributed by atoms with van der Waals surface area (Å²) >= 11 is 1.37. The average molecular weight is 496 g/mol. The summed E-state index contributed by atoms with van der Waals surface area (Å²) in [5.41, 5.74) is 2.04. The van der Waals surface area contributed by atoms with Crippen molar-refractivity contribution in [3.8, 4) is 5.75 Å². The number of pyridine rings is 1. The summed E-state index contributed by atoms with van der Waals surface area (Å²) in [6, 6.07) is 8.98. The highest BCUT2D eigenvalue weighted by molar-refractivity contribution is 7.98. The number of ether oxygens (including phenoxy) is 2. The summed E-state index contributed by atoms with van der Waals surface area (Å²) in [5, 5.41) is 0.623. The van der Waals surface area contributed by atoms with Gasteiger partial charge in [-0.3, -0.25) is 14.3 Å². The van der Waals surface area contributed by atoms with Crippen LogP contribution in [-0.2, 0) is 15.3 Å². The van der Waals surface area contributed by atoms with E-state index in [1.54, 1.807) is 27.7 Å². The number of fused-ring (bicyclic) bond motifs is 1. The van der Waals surface area contributed by atoms with Crippen LogP contribution in [0.25, 0.3) is 11.0 Å². The molecule has 2 heterocycles. The number of hydrogen-bond donors (Lipinski definition) is 0. The maximum atomic E-state index is 12.6. The van der Waals surface area contributed by atoms with Crippen molar-refractivity contribution < 1.29 is 27.4 Å². The summed E-state index contributed by atoms with van der Waals surface area (Å²) in [6.45, 7) is 7.64. The third-order valence-electron chi connectivity index (χ3n) is 5.04. The number of halogens is 3. The van der Waals surface area contributed by atoms with Crippen LogP contribution in [0.4, 0.5) is 13.2 Å². The van der Waals surface area contributed by atoms with Crippen molar-refractivity contribution in [3.63, 3.8) is 0 Å². The summed E-state index contributed by atoms with van der Waals surface area (Å²) in [6.07, 6.45) is -3.02. The molecule has 0 saturated heterocycles. The predicted molar refractivity (Wildman–Crippen MR) is 125 cm³/mol. The number of benzene rings is 1. The lowest BCUT2D eigenvalue weighted by Crippen LogP contribution is -2.27. The molecule has 10 heteroatoms. The first-order chi connectivity index (χ1) is 15.9. The van der Waals surface area contributed by atoms with Crippen molar-refractivity contribution in [1.82, 2.24) is 14.5 Å². The van der Waals surface area contributed by atoms with Crippen LogP contribution >= 0.6 is 11.8 Å². The number of aromatic nitrogens is 3. The number of imidazole rings is 1. The van der Waals surface area contributed by atoms with Gasteiger partial charge in [-0.25, -0.2) is 4.98 Å². The number of para-hydroxylation sites is 2. The normalized spacial score (nSPS) is 13.2. The fourth-order valence-corrected chi connectivity index (χ4v) is 4.25. The molecule has 0 fully saturated rings. The zero-order valence-electron chi connectivity index (χ0n) is 19.8. The number of hydrogen-bond acceptors (Lipinski definition) is 6. The second-order valence-electron chi connectivity index (χ2n) is 8.84. The molecule has 0 aliphatic heterocycles. The predicted octanol–water partition coefficient (Wildman–Crippen LogP) is 6.47. The monoisotopic (exact) mass is 495 g/mol. The number of thioether (sulfide) groups is 1. The quantitative estimate of drug-likeness (QED) is 0.264. The molecule has 0 N–H and O–H groups in total. The zero-order chi connectivity index (χ0) is 25.1. The Kier molecular flexibility index (Phi) is 7.80. The van der Waals surface area contributed by atoms with Gasteiger partial charge < -0.3 is 9.47 Å². The van der Waals surface area contributed by atoms with Crippen LogP contribution in [0.2, 0.25) is 0 Å². The van der Waals surface area contributed by atoms with Crippen LogP contribution in [0, 0.1) is 12.3 Å². The number of carbonyl (C=O) groups is 1. The van der Waals surface area contributed by atoms with Crippen molar-refractivity contribution in [2.45, 2.75) is 64.4 Å². The van der Waals surface area contributed by atoms with E-state index in [9.17, 15) is 18.0 Å². The third-order valence-corrected chi connectivity index (χ3v) is 6.01. The van der Waals surface area contributed by atoms with Gasteiger partial charge in [-0.15, -0.1) is 0 Å². The van der Waals surface area contributed by atoms with Gasteiger partial charge in [0.2, 0.25) is 0 Å². The first-order valence-electron chi connectivity index (χ1n) is 10.9. The van der Waals surface area contributed by atoms with E-state index in [1.165, 1.54) is 24.0 Å². The molecule has 0 aliphatic carbocycles. The molecule has 0 saturated carbocycles. The number of rotatable bonds is 8. The van der Waals surface area contributed by atoms with Crippen molar-refractivity contribution >= 4 is 28.8 Å². The molecule has 0 bridgehead atoms. The Morgan fingerprint density at radius 2 is 1.88 bits per heavy atom. The largest absolute Gasteiger partial charge is 0.484 e. The van der Waals surface area contributed by atoms with Gasteiger partial charge in [0.1, 0.15) is 5.75 Å². The average Bonchev–Trinajstić information content (AvgIpc) is 3.12. The molecular formula is C24H28F3N3O3S. The molecule has 1 atom stereocenters. The first kappa shape index (κ1) is 25.9. The van der Waals surface area contributed by atoms with Crippen LogP contribution in [0.3, 0.4) is 0 Å². The summed E-state index contributed by atoms with van der Waals surface area (Å²) in [5.74, 6) is 0.171. The lowest BCUT2D eigenvalue weighted by atomic mass is 9.97. The number of alkyl halides is 3. The molecule has 2 aromatic heterocycles. The van der Waals surface area contributed by atoms with E-state index in [4.69, 9.17) is 14.5 Å². The molecule has 0 spiro atoms. The standard InChI is InChI=1S/C24H28F3N3O3S/c1-6-20(33-21(31)23(3,4)5)30-18-10-8-7-9-16(18)29-22(30)34-13-17-15(2)19(11-12-28-17)32-14-24(25,26)27/h7-12,20H,6,13-14H2,1-5H3. The minimum absolute atomic E-state index is 0.141. The van der Waals surface area contributed by atoms with Crippen molar-refractivity contribution in [2.75, 3.05) is 6.61 Å². The summed E-state index contributed by atoms with van der Waals surface area (Å²) < 4.78 is 50.4. The van der Waals surface area contributed by atoms with E-state index in [2.05, 4.69) is 4.98 Å². The van der Waals surface area contributed by atoms with Crippen LogP contribution in [0.15, 0.2) is 41.7 Å². The van der Waals surface area contributed by atoms with Crippen molar-refractivity contribution in [2.24, 2.45) is 5.41 Å². The molecule has 1 aromatic carbocycles. The van der Waals surface area contributed by atoms with E-state index in [0.29, 0.717) is 28.6 Å². The number of esters is 1. The van der Waals surface area contributed by atoms with Gasteiger partial charge >= 0.3 is 12.1 Å². The van der Waals surface area contributed by atoms with Crippen LogP contribution in [0.5, 0.6) is 5.75 Å². The van der Waals surface area contributed by atoms with Crippen molar-refractivity contribution in [3.05, 3.63) is 47.8 Å². The topological polar surface area (TPSA) is 66.2 Å². The van der Waals surface area contributed by atoms with Crippen molar-refractivity contribution in [1.29, 1.82) is 0 Å². The fraction of sp³-hybridized carbons (Fsp3) is 0.458. The fourth-order valence-electron chi connectivity index (χ4n) is 3.17. The number of carbonyl (C=O) groups excluding carboxylic acids is 1. The Morgan fingerprint density at radius 3 is 2.53 bits per heavy atom. The molecule has 184 valence electrons. The molecule has 6 nitrogen and oxygen atoms in total. The molecule has 3 aromatic rings. The molecule has 3 rings (SSSR count). The Bertz CT molecular complexity index is 1160. The summed E-state index contributed by atoms with van der Waals surface area (Å²) in [7, 11) is 0. The highest BCUT2D eigenvalue weighted by atomic mass is 32.2. The van der Waals surface area contributed by atoms with E-state index in [1.807, 2.05) is 35.8 Å². The SMILES string of the molecule is CCC(OC(=O)C(C)(C)C)n1c(SCc2nccc(OCC(F)(F)F)c2C)nc2ccccc21. The molecule has 1 unspecified atom stereocenters. The van der Waals surface area contributed by atoms with E-state index >= 15 is 0 Å². The van der Waals surface area contributed by atoms with Gasteiger partial charge in [-0.2, -0.15) is 13.2 Å². The first-order valence-corrected chi connectivity index (χ1v) is 11.8. The molecule has 0 amide bonds. The highest BCUT2D eigenvalue weighted by Gasteiger charge is 2.30.